The zero-order valence-electron chi connectivity index (χ0n) is 11.3. The Balaban J connectivity index is 2.12. The fraction of sp³-hybridized carbons (Fsp3) is 0.154. The molecule has 0 spiro atoms. The van der Waals surface area contributed by atoms with Crippen LogP contribution in [0.25, 0.3) is 0 Å². The summed E-state index contributed by atoms with van der Waals surface area (Å²) in [6, 6.07) is 5.64. The Bertz CT molecular complexity index is 699. The van der Waals surface area contributed by atoms with Crippen LogP contribution >= 0.6 is 34.5 Å². The van der Waals surface area contributed by atoms with Crippen molar-refractivity contribution >= 4 is 57.5 Å². The van der Waals surface area contributed by atoms with Gasteiger partial charge in [-0.1, -0.05) is 40.6 Å². The second-order valence-electron chi connectivity index (χ2n) is 4.19. The van der Waals surface area contributed by atoms with E-state index in [9.17, 15) is 4.79 Å². The minimum absolute atomic E-state index is 0.250. The van der Waals surface area contributed by atoms with Crippen molar-refractivity contribution in [2.24, 2.45) is 5.10 Å². The topological polar surface area (TPSA) is 66.4 Å². The second kappa shape index (κ2) is 6.89. The SMILES string of the molecule is CC(=O)N/N=C/c1sc(Nc2ccc(C)c(Cl)c2)nc1Cl. The lowest BCUT2D eigenvalue weighted by molar-refractivity contribution is -0.118. The fourth-order valence-corrected chi connectivity index (χ4v) is 2.65. The third-order valence-corrected chi connectivity index (χ3v) is 4.15. The van der Waals surface area contributed by atoms with Crippen LogP contribution in [0.1, 0.15) is 17.4 Å². The zero-order valence-corrected chi connectivity index (χ0v) is 13.6. The number of carbonyl (C=O) groups excluding carboxylic acids is 1. The minimum atomic E-state index is -0.250. The molecule has 2 rings (SSSR count). The number of rotatable bonds is 4. The van der Waals surface area contributed by atoms with Gasteiger partial charge in [0.25, 0.3) is 0 Å². The molecule has 0 aliphatic carbocycles. The molecular formula is C13H12Cl2N4OS. The van der Waals surface area contributed by atoms with Crippen LogP contribution in [0.5, 0.6) is 0 Å². The zero-order chi connectivity index (χ0) is 15.4. The summed E-state index contributed by atoms with van der Waals surface area (Å²) in [5.74, 6) is -0.250. The van der Waals surface area contributed by atoms with Crippen molar-refractivity contribution in [3.05, 3.63) is 38.8 Å². The standard InChI is InChI=1S/C13H12Cl2N4OS/c1-7-3-4-9(5-10(7)14)17-13-18-12(15)11(21-13)6-16-19-8(2)20/h3-6H,1-2H3,(H,17,18)(H,19,20)/b16-6+. The van der Waals surface area contributed by atoms with E-state index in [-0.39, 0.29) is 5.91 Å². The van der Waals surface area contributed by atoms with E-state index >= 15 is 0 Å². The number of amides is 1. The maximum Gasteiger partial charge on any atom is 0.236 e. The Labute approximate surface area is 136 Å². The first kappa shape index (κ1) is 15.8. The van der Waals surface area contributed by atoms with Crippen LogP contribution in [0.4, 0.5) is 10.8 Å². The Morgan fingerprint density at radius 3 is 2.86 bits per heavy atom. The average Bonchev–Trinajstić information content (AvgIpc) is 2.74. The van der Waals surface area contributed by atoms with Gasteiger partial charge in [-0.15, -0.1) is 0 Å². The molecule has 0 fully saturated rings. The highest BCUT2D eigenvalue weighted by Gasteiger charge is 2.08. The highest BCUT2D eigenvalue weighted by atomic mass is 35.5. The quantitative estimate of drug-likeness (QED) is 0.652. The first-order chi connectivity index (χ1) is 9.95. The number of benzene rings is 1. The van der Waals surface area contributed by atoms with Crippen LogP contribution in [-0.2, 0) is 4.79 Å². The van der Waals surface area contributed by atoms with Crippen molar-refractivity contribution in [2.75, 3.05) is 5.32 Å². The lowest BCUT2D eigenvalue weighted by atomic mass is 10.2. The number of nitrogens with one attached hydrogen (secondary N) is 2. The summed E-state index contributed by atoms with van der Waals surface area (Å²) in [6.45, 7) is 3.31. The molecule has 2 aromatic rings. The number of aryl methyl sites for hydroxylation is 1. The lowest BCUT2D eigenvalue weighted by Gasteiger charge is -2.04. The summed E-state index contributed by atoms with van der Waals surface area (Å²) in [4.78, 5) is 15.6. The predicted molar refractivity (Wildman–Crippen MR) is 88.0 cm³/mol. The van der Waals surface area contributed by atoms with Gasteiger partial charge < -0.3 is 5.32 Å². The second-order valence-corrected chi connectivity index (χ2v) is 5.99. The molecule has 5 nitrogen and oxygen atoms in total. The van der Waals surface area contributed by atoms with Crippen molar-refractivity contribution < 1.29 is 4.79 Å². The number of halogens is 2. The molecule has 1 aromatic heterocycles. The van der Waals surface area contributed by atoms with Crippen molar-refractivity contribution in [3.63, 3.8) is 0 Å². The normalized spacial score (nSPS) is 10.9. The first-order valence-corrected chi connectivity index (χ1v) is 7.52. The molecule has 1 heterocycles. The Morgan fingerprint density at radius 1 is 1.43 bits per heavy atom. The number of hydrogen-bond donors (Lipinski definition) is 2. The van der Waals surface area contributed by atoms with E-state index in [1.165, 1.54) is 24.5 Å². The van der Waals surface area contributed by atoms with E-state index in [1.807, 2.05) is 25.1 Å². The Kier molecular flexibility index (Phi) is 5.17. The molecule has 0 atom stereocenters. The summed E-state index contributed by atoms with van der Waals surface area (Å²) in [6.07, 6.45) is 1.45. The van der Waals surface area contributed by atoms with Crippen LogP contribution in [0.15, 0.2) is 23.3 Å². The van der Waals surface area contributed by atoms with E-state index in [0.29, 0.717) is 20.2 Å². The van der Waals surface area contributed by atoms with E-state index in [1.54, 1.807) is 0 Å². The molecule has 1 amide bonds. The third-order valence-electron chi connectivity index (χ3n) is 2.44. The van der Waals surface area contributed by atoms with E-state index in [0.717, 1.165) is 11.3 Å². The number of anilines is 2. The molecule has 8 heteroatoms. The monoisotopic (exact) mass is 342 g/mol. The van der Waals surface area contributed by atoms with E-state index < -0.39 is 0 Å². The van der Waals surface area contributed by atoms with Gasteiger partial charge in [-0.05, 0) is 24.6 Å². The van der Waals surface area contributed by atoms with Crippen LogP contribution in [0, 0.1) is 6.92 Å². The number of aromatic nitrogens is 1. The summed E-state index contributed by atoms with van der Waals surface area (Å²) in [7, 11) is 0. The van der Waals surface area contributed by atoms with Crippen LogP contribution in [-0.4, -0.2) is 17.1 Å². The van der Waals surface area contributed by atoms with Gasteiger partial charge >= 0.3 is 0 Å². The maximum absolute atomic E-state index is 10.7. The largest absolute Gasteiger partial charge is 0.331 e. The molecule has 110 valence electrons. The molecule has 2 N–H and O–H groups in total. The first-order valence-electron chi connectivity index (χ1n) is 5.95. The lowest BCUT2D eigenvalue weighted by Crippen LogP contribution is -2.12. The number of nitrogens with zero attached hydrogens (tertiary/aromatic N) is 2. The van der Waals surface area contributed by atoms with Gasteiger partial charge in [0, 0.05) is 17.6 Å². The van der Waals surface area contributed by atoms with Crippen molar-refractivity contribution in [2.45, 2.75) is 13.8 Å². The number of hydrogen-bond acceptors (Lipinski definition) is 5. The van der Waals surface area contributed by atoms with Gasteiger partial charge in [0.15, 0.2) is 10.3 Å². The molecule has 0 aliphatic rings. The van der Waals surface area contributed by atoms with E-state index in [4.69, 9.17) is 23.2 Å². The molecule has 0 bridgehead atoms. The highest BCUT2D eigenvalue weighted by Crippen LogP contribution is 2.29. The summed E-state index contributed by atoms with van der Waals surface area (Å²) < 4.78 is 0. The fourth-order valence-electron chi connectivity index (χ4n) is 1.42. The number of carbonyl (C=O) groups is 1. The highest BCUT2D eigenvalue weighted by molar-refractivity contribution is 7.17. The summed E-state index contributed by atoms with van der Waals surface area (Å²) >= 11 is 13.4. The molecule has 1 aromatic carbocycles. The predicted octanol–water partition coefficient (Wildman–Crippen LogP) is 3.97. The summed E-state index contributed by atoms with van der Waals surface area (Å²) in [5.41, 5.74) is 4.13. The number of hydrazone groups is 1. The van der Waals surface area contributed by atoms with Crippen LogP contribution < -0.4 is 10.7 Å². The van der Waals surface area contributed by atoms with Crippen LogP contribution in [0.3, 0.4) is 0 Å². The Hall–Kier alpha value is -1.63. The van der Waals surface area contributed by atoms with Gasteiger partial charge in [0.2, 0.25) is 5.91 Å². The van der Waals surface area contributed by atoms with Crippen LogP contribution in [0.2, 0.25) is 10.2 Å². The van der Waals surface area contributed by atoms with Gasteiger partial charge in [-0.2, -0.15) is 5.10 Å². The molecule has 0 saturated carbocycles. The van der Waals surface area contributed by atoms with Crippen molar-refractivity contribution in [1.29, 1.82) is 0 Å². The number of thiazole rings is 1. The molecule has 0 aliphatic heterocycles. The molecular weight excluding hydrogens is 331 g/mol. The maximum atomic E-state index is 10.7. The Morgan fingerprint density at radius 2 is 2.19 bits per heavy atom. The van der Waals surface area contributed by atoms with Gasteiger partial charge in [-0.25, -0.2) is 10.4 Å². The molecule has 0 unspecified atom stereocenters. The molecule has 0 saturated heterocycles. The van der Waals surface area contributed by atoms with Crippen molar-refractivity contribution in [3.8, 4) is 0 Å². The average molecular weight is 343 g/mol. The minimum Gasteiger partial charge on any atom is -0.331 e. The van der Waals surface area contributed by atoms with Gasteiger partial charge in [0.05, 0.1) is 11.1 Å². The smallest absolute Gasteiger partial charge is 0.236 e. The molecule has 0 radical (unpaired) electrons. The van der Waals surface area contributed by atoms with E-state index in [2.05, 4.69) is 20.8 Å². The third kappa shape index (κ3) is 4.42. The molecule has 21 heavy (non-hydrogen) atoms. The van der Waals surface area contributed by atoms with Gasteiger partial charge in [0.1, 0.15) is 0 Å². The van der Waals surface area contributed by atoms with Gasteiger partial charge in [-0.3, -0.25) is 4.79 Å². The van der Waals surface area contributed by atoms with Crippen molar-refractivity contribution in [1.82, 2.24) is 10.4 Å². The summed E-state index contributed by atoms with van der Waals surface area (Å²) in [5, 5.41) is 8.49.